The van der Waals surface area contributed by atoms with Crippen LogP contribution in [0.4, 0.5) is 0 Å². The number of benzene rings is 2. The molecule has 0 unspecified atom stereocenters. The van der Waals surface area contributed by atoms with Gasteiger partial charge in [-0.3, -0.25) is 5.11 Å². The molecule has 1 radical (unpaired) electrons. The van der Waals surface area contributed by atoms with Gasteiger partial charge in [0.05, 0.1) is 5.56 Å². The third-order valence-corrected chi connectivity index (χ3v) is 2.04. The molecule has 0 aromatic heterocycles. The van der Waals surface area contributed by atoms with Crippen molar-refractivity contribution in [3.8, 4) is 11.5 Å². The van der Waals surface area contributed by atoms with Crippen molar-refractivity contribution in [3.63, 3.8) is 0 Å². The van der Waals surface area contributed by atoms with Crippen molar-refractivity contribution in [2.75, 3.05) is 0 Å². The van der Waals surface area contributed by atoms with Gasteiger partial charge in [-0.1, -0.05) is 18.2 Å². The molecule has 0 spiro atoms. The molecule has 16 heavy (non-hydrogen) atoms. The molecule has 0 heterocycles. The molecular formula is C13H9O3. The fourth-order valence-corrected chi connectivity index (χ4v) is 1.25. The summed E-state index contributed by atoms with van der Waals surface area (Å²) in [5.41, 5.74) is 0.364. The van der Waals surface area contributed by atoms with Crippen LogP contribution in [0.2, 0.25) is 0 Å². The summed E-state index contributed by atoms with van der Waals surface area (Å²) in [6.45, 7) is 0. The lowest BCUT2D eigenvalue weighted by Crippen LogP contribution is -2.07. The Kier molecular flexibility index (Phi) is 2.87. The molecule has 0 fully saturated rings. The van der Waals surface area contributed by atoms with Crippen LogP contribution in [0.1, 0.15) is 10.4 Å². The number of carbonyl (C=O) groups excluding carboxylic acids is 1. The summed E-state index contributed by atoms with van der Waals surface area (Å²) in [7, 11) is 0. The third kappa shape index (κ3) is 2.39. The van der Waals surface area contributed by atoms with Crippen LogP contribution in [0.25, 0.3) is 0 Å². The van der Waals surface area contributed by atoms with E-state index in [2.05, 4.69) is 0 Å². The number of esters is 1. The summed E-state index contributed by atoms with van der Waals surface area (Å²) in [6.07, 6.45) is 0. The largest absolute Gasteiger partial charge is 0.423 e. The molecule has 3 heteroatoms. The Labute approximate surface area is 92.9 Å². The first-order valence-corrected chi connectivity index (χ1v) is 4.80. The Hall–Kier alpha value is -2.29. The summed E-state index contributed by atoms with van der Waals surface area (Å²) in [6, 6.07) is 14.4. The fourth-order valence-electron chi connectivity index (χ4n) is 1.25. The van der Waals surface area contributed by atoms with Crippen LogP contribution in [0, 0.1) is 0 Å². The minimum Gasteiger partial charge on any atom is -0.423 e. The zero-order valence-corrected chi connectivity index (χ0v) is 8.42. The summed E-state index contributed by atoms with van der Waals surface area (Å²) in [4.78, 5) is 11.6. The molecule has 0 aliphatic carbocycles. The standard InChI is InChI=1S/C13H9O3/c14-11-8-6-10(7-9-11)13(15)16-12-4-2-1-3-5-12/h1-9H. The van der Waals surface area contributed by atoms with Crippen LogP contribution in [-0.2, 0) is 5.11 Å². The van der Waals surface area contributed by atoms with E-state index in [-0.39, 0.29) is 5.75 Å². The van der Waals surface area contributed by atoms with Gasteiger partial charge in [0, 0.05) is 0 Å². The van der Waals surface area contributed by atoms with Gasteiger partial charge in [0.1, 0.15) is 5.75 Å². The number of ether oxygens (including phenoxy) is 1. The average molecular weight is 213 g/mol. The van der Waals surface area contributed by atoms with Crippen LogP contribution >= 0.6 is 0 Å². The molecule has 2 rings (SSSR count). The maximum Gasteiger partial charge on any atom is 0.343 e. The van der Waals surface area contributed by atoms with Crippen molar-refractivity contribution in [2.45, 2.75) is 0 Å². The molecule has 0 amide bonds. The predicted octanol–water partition coefficient (Wildman–Crippen LogP) is 3.05. The van der Waals surface area contributed by atoms with Gasteiger partial charge in [-0.15, -0.1) is 0 Å². The van der Waals surface area contributed by atoms with Gasteiger partial charge in [0.25, 0.3) is 0 Å². The number of carbonyl (C=O) groups is 1. The van der Waals surface area contributed by atoms with Crippen LogP contribution in [0.15, 0.2) is 54.6 Å². The first-order chi connectivity index (χ1) is 7.75. The van der Waals surface area contributed by atoms with E-state index in [4.69, 9.17) is 4.74 Å². The first-order valence-electron chi connectivity index (χ1n) is 4.80. The summed E-state index contributed by atoms with van der Waals surface area (Å²) < 4.78 is 5.10. The van der Waals surface area contributed by atoms with Crippen molar-refractivity contribution in [1.29, 1.82) is 0 Å². The second-order valence-corrected chi connectivity index (χ2v) is 3.23. The molecule has 3 nitrogen and oxygen atoms in total. The monoisotopic (exact) mass is 213 g/mol. The van der Waals surface area contributed by atoms with E-state index in [0.29, 0.717) is 11.3 Å². The SMILES string of the molecule is [O]c1ccc(C(=O)Oc2ccccc2)cc1. The van der Waals surface area contributed by atoms with Crippen LogP contribution in [0.5, 0.6) is 11.5 Å². The van der Waals surface area contributed by atoms with E-state index < -0.39 is 5.97 Å². The number of hydrogen-bond donors (Lipinski definition) is 0. The molecular weight excluding hydrogens is 204 g/mol. The number of para-hydroxylation sites is 1. The normalized spacial score (nSPS) is 9.75. The molecule has 0 saturated carbocycles. The maximum atomic E-state index is 11.6. The zero-order valence-electron chi connectivity index (χ0n) is 8.42. The van der Waals surface area contributed by atoms with Crippen LogP contribution < -0.4 is 4.74 Å². The molecule has 0 aliphatic rings. The highest BCUT2D eigenvalue weighted by Gasteiger charge is 2.07. The number of hydrogen-bond acceptors (Lipinski definition) is 2. The lowest BCUT2D eigenvalue weighted by molar-refractivity contribution is 0.0735. The summed E-state index contributed by atoms with van der Waals surface area (Å²) >= 11 is 0. The van der Waals surface area contributed by atoms with Crippen molar-refractivity contribution < 1.29 is 14.6 Å². The van der Waals surface area contributed by atoms with E-state index in [0.717, 1.165) is 0 Å². The highest BCUT2D eigenvalue weighted by atomic mass is 16.5. The summed E-state index contributed by atoms with van der Waals surface area (Å²) in [5, 5.41) is 10.9. The molecule has 79 valence electrons. The highest BCUT2D eigenvalue weighted by molar-refractivity contribution is 5.91. The Balaban J connectivity index is 2.12. The maximum absolute atomic E-state index is 11.6. The van der Waals surface area contributed by atoms with Gasteiger partial charge < -0.3 is 4.74 Å². The zero-order chi connectivity index (χ0) is 11.4. The highest BCUT2D eigenvalue weighted by Crippen LogP contribution is 2.14. The third-order valence-electron chi connectivity index (χ3n) is 2.04. The van der Waals surface area contributed by atoms with Gasteiger partial charge in [0.2, 0.25) is 0 Å². The Bertz CT molecular complexity index is 474. The minimum absolute atomic E-state index is 0.128. The predicted molar refractivity (Wildman–Crippen MR) is 58.0 cm³/mol. The number of rotatable bonds is 2. The average Bonchev–Trinajstić information content (AvgIpc) is 2.31. The lowest BCUT2D eigenvalue weighted by atomic mass is 10.2. The van der Waals surface area contributed by atoms with Crippen molar-refractivity contribution in [3.05, 3.63) is 60.2 Å². The van der Waals surface area contributed by atoms with E-state index in [1.807, 2.05) is 6.07 Å². The second-order valence-electron chi connectivity index (χ2n) is 3.23. The molecule has 0 bridgehead atoms. The van der Waals surface area contributed by atoms with Crippen LogP contribution in [-0.4, -0.2) is 5.97 Å². The van der Waals surface area contributed by atoms with Gasteiger partial charge >= 0.3 is 5.97 Å². The first kappa shape index (κ1) is 10.2. The minimum atomic E-state index is -0.466. The van der Waals surface area contributed by atoms with Gasteiger partial charge in [-0.25, -0.2) is 4.79 Å². The van der Waals surface area contributed by atoms with E-state index >= 15 is 0 Å². The molecule has 0 saturated heterocycles. The molecule has 0 atom stereocenters. The van der Waals surface area contributed by atoms with Crippen LogP contribution in [0.3, 0.4) is 0 Å². The van der Waals surface area contributed by atoms with Gasteiger partial charge in [0.15, 0.2) is 5.75 Å². The lowest BCUT2D eigenvalue weighted by Gasteiger charge is -2.03. The Morgan fingerprint density at radius 1 is 0.875 bits per heavy atom. The summed E-state index contributed by atoms with van der Waals surface area (Å²) in [5.74, 6) is -0.110. The fraction of sp³-hybridized carbons (Fsp3) is 0. The van der Waals surface area contributed by atoms with E-state index in [1.54, 1.807) is 24.3 Å². The second kappa shape index (κ2) is 4.49. The Morgan fingerprint density at radius 3 is 2.12 bits per heavy atom. The smallest absolute Gasteiger partial charge is 0.343 e. The van der Waals surface area contributed by atoms with Crippen molar-refractivity contribution >= 4 is 5.97 Å². The molecule has 2 aromatic carbocycles. The van der Waals surface area contributed by atoms with Gasteiger partial charge in [-0.2, -0.15) is 0 Å². The van der Waals surface area contributed by atoms with Crippen molar-refractivity contribution in [1.82, 2.24) is 0 Å². The topological polar surface area (TPSA) is 46.2 Å². The van der Waals surface area contributed by atoms with E-state index in [9.17, 15) is 9.90 Å². The molecule has 0 N–H and O–H groups in total. The molecule has 2 aromatic rings. The molecule has 0 aliphatic heterocycles. The van der Waals surface area contributed by atoms with Gasteiger partial charge in [-0.05, 0) is 36.4 Å². The van der Waals surface area contributed by atoms with E-state index in [1.165, 1.54) is 24.3 Å². The van der Waals surface area contributed by atoms with Crippen molar-refractivity contribution in [2.24, 2.45) is 0 Å². The quantitative estimate of drug-likeness (QED) is 0.568. The Morgan fingerprint density at radius 2 is 1.50 bits per heavy atom.